The average molecular weight is 320 g/mol. The lowest BCUT2D eigenvalue weighted by molar-refractivity contribution is 0.0155. The van der Waals surface area contributed by atoms with Crippen molar-refractivity contribution < 1.29 is 19.1 Å². The molecule has 0 aromatic carbocycles. The lowest BCUT2D eigenvalue weighted by Gasteiger charge is -2.33. The van der Waals surface area contributed by atoms with E-state index in [1.807, 2.05) is 0 Å². The standard InChI is InChI=1S/C15H20N4O4/c1-5-22-13(20)10-8-11-12(9-16)18(6-7-19(11)17-10)14(21)23-15(2,3)4/h8,12H,5-7H2,1-4H3/t12-/m0/s1. The Morgan fingerprint density at radius 1 is 1.43 bits per heavy atom. The Balaban J connectivity index is 2.26. The number of nitriles is 1. The van der Waals surface area contributed by atoms with Crippen LogP contribution in [-0.2, 0) is 16.0 Å². The van der Waals surface area contributed by atoms with Gasteiger partial charge in [0.2, 0.25) is 0 Å². The van der Waals surface area contributed by atoms with Crippen LogP contribution in [0.5, 0.6) is 0 Å². The molecule has 0 bridgehead atoms. The summed E-state index contributed by atoms with van der Waals surface area (Å²) in [5, 5.41) is 13.6. The Morgan fingerprint density at radius 3 is 2.70 bits per heavy atom. The lowest BCUT2D eigenvalue weighted by atomic mass is 10.1. The largest absolute Gasteiger partial charge is 0.461 e. The number of esters is 1. The molecule has 0 radical (unpaired) electrons. The number of hydrogen-bond acceptors (Lipinski definition) is 6. The van der Waals surface area contributed by atoms with E-state index in [4.69, 9.17) is 9.47 Å². The summed E-state index contributed by atoms with van der Waals surface area (Å²) in [4.78, 5) is 25.4. The molecule has 0 fully saturated rings. The summed E-state index contributed by atoms with van der Waals surface area (Å²) in [7, 11) is 0. The first kappa shape index (κ1) is 16.8. The smallest absolute Gasteiger partial charge is 0.411 e. The maximum atomic E-state index is 12.3. The molecule has 2 heterocycles. The van der Waals surface area contributed by atoms with Crippen molar-refractivity contribution in [1.82, 2.24) is 14.7 Å². The van der Waals surface area contributed by atoms with Crippen molar-refractivity contribution in [3.8, 4) is 6.07 Å². The highest BCUT2D eigenvalue weighted by Gasteiger charge is 2.35. The average Bonchev–Trinajstić information content (AvgIpc) is 2.88. The van der Waals surface area contributed by atoms with Gasteiger partial charge in [0.1, 0.15) is 5.60 Å². The molecule has 1 aliphatic heterocycles. The zero-order chi connectivity index (χ0) is 17.2. The van der Waals surface area contributed by atoms with Gasteiger partial charge in [-0.15, -0.1) is 0 Å². The normalized spacial score (nSPS) is 17.2. The first-order valence-corrected chi connectivity index (χ1v) is 7.41. The second kappa shape index (κ2) is 6.28. The molecule has 8 nitrogen and oxygen atoms in total. The second-order valence-corrected chi connectivity index (χ2v) is 6.10. The summed E-state index contributed by atoms with van der Waals surface area (Å²) < 4.78 is 11.8. The molecule has 124 valence electrons. The second-order valence-electron chi connectivity index (χ2n) is 6.10. The fourth-order valence-corrected chi connectivity index (χ4v) is 2.28. The van der Waals surface area contributed by atoms with E-state index in [9.17, 15) is 14.9 Å². The number of nitrogens with zero attached hydrogens (tertiary/aromatic N) is 4. The van der Waals surface area contributed by atoms with Crippen LogP contribution in [0.1, 0.15) is 49.9 Å². The molecule has 1 aromatic rings. The van der Waals surface area contributed by atoms with E-state index >= 15 is 0 Å². The third-order valence-corrected chi connectivity index (χ3v) is 3.19. The summed E-state index contributed by atoms with van der Waals surface area (Å²) in [6, 6.07) is 2.71. The van der Waals surface area contributed by atoms with Gasteiger partial charge in [-0.1, -0.05) is 0 Å². The van der Waals surface area contributed by atoms with Crippen LogP contribution >= 0.6 is 0 Å². The molecule has 0 saturated heterocycles. The minimum Gasteiger partial charge on any atom is -0.461 e. The van der Waals surface area contributed by atoms with Gasteiger partial charge in [0.25, 0.3) is 0 Å². The molecule has 0 aliphatic carbocycles. The van der Waals surface area contributed by atoms with E-state index < -0.39 is 23.7 Å². The molecule has 8 heteroatoms. The SMILES string of the molecule is CCOC(=O)c1cc2n(n1)CCN(C(=O)OC(C)(C)C)[C@H]2C#N. The topological polar surface area (TPSA) is 97.5 Å². The number of ether oxygens (including phenoxy) is 2. The Morgan fingerprint density at radius 2 is 2.13 bits per heavy atom. The van der Waals surface area contributed by atoms with Crippen LogP contribution in [0.25, 0.3) is 0 Å². The van der Waals surface area contributed by atoms with Gasteiger partial charge in [0.15, 0.2) is 11.7 Å². The first-order valence-electron chi connectivity index (χ1n) is 7.41. The van der Waals surface area contributed by atoms with Crippen LogP contribution in [-0.4, -0.2) is 45.5 Å². The van der Waals surface area contributed by atoms with Crippen molar-refractivity contribution in [2.24, 2.45) is 0 Å². The number of rotatable bonds is 2. The van der Waals surface area contributed by atoms with Crippen molar-refractivity contribution in [2.45, 2.75) is 45.9 Å². The molecule has 0 spiro atoms. The quantitative estimate of drug-likeness (QED) is 0.772. The van der Waals surface area contributed by atoms with E-state index in [0.29, 0.717) is 12.2 Å². The molecule has 0 N–H and O–H groups in total. The minimum absolute atomic E-state index is 0.133. The Hall–Kier alpha value is -2.56. The number of carbonyl (C=O) groups excluding carboxylic acids is 2. The van der Waals surface area contributed by atoms with Crippen LogP contribution < -0.4 is 0 Å². The first-order chi connectivity index (χ1) is 10.8. The Kier molecular flexibility index (Phi) is 4.59. The number of fused-ring (bicyclic) bond motifs is 1. The van der Waals surface area contributed by atoms with Crippen LogP contribution in [0.15, 0.2) is 6.07 Å². The molecular weight excluding hydrogens is 300 g/mol. The molecule has 1 amide bonds. The number of amides is 1. The summed E-state index contributed by atoms with van der Waals surface area (Å²) in [6.45, 7) is 7.90. The highest BCUT2D eigenvalue weighted by atomic mass is 16.6. The van der Waals surface area contributed by atoms with Crippen LogP contribution in [0.4, 0.5) is 4.79 Å². The monoisotopic (exact) mass is 320 g/mol. The van der Waals surface area contributed by atoms with Gasteiger partial charge < -0.3 is 9.47 Å². The van der Waals surface area contributed by atoms with Crippen molar-refractivity contribution >= 4 is 12.1 Å². The van der Waals surface area contributed by atoms with Crippen molar-refractivity contribution in [1.29, 1.82) is 5.26 Å². The van der Waals surface area contributed by atoms with Crippen LogP contribution in [0, 0.1) is 11.3 Å². The van der Waals surface area contributed by atoms with Crippen LogP contribution in [0.2, 0.25) is 0 Å². The maximum Gasteiger partial charge on any atom is 0.411 e. The van der Waals surface area contributed by atoms with Crippen molar-refractivity contribution in [2.75, 3.05) is 13.2 Å². The van der Waals surface area contributed by atoms with Crippen molar-refractivity contribution in [3.05, 3.63) is 17.5 Å². The van der Waals surface area contributed by atoms with Gasteiger partial charge in [-0.25, -0.2) is 9.59 Å². The fraction of sp³-hybridized carbons (Fsp3) is 0.600. The van der Waals surface area contributed by atoms with E-state index in [2.05, 4.69) is 11.2 Å². The predicted octanol–water partition coefficient (Wildman–Crippen LogP) is 1.88. The van der Waals surface area contributed by atoms with E-state index in [1.165, 1.54) is 11.0 Å². The fourth-order valence-electron chi connectivity index (χ4n) is 2.28. The van der Waals surface area contributed by atoms with Gasteiger partial charge in [-0.2, -0.15) is 10.4 Å². The minimum atomic E-state index is -0.853. The highest BCUT2D eigenvalue weighted by Crippen LogP contribution is 2.27. The van der Waals surface area contributed by atoms with Gasteiger partial charge >= 0.3 is 12.1 Å². The zero-order valence-corrected chi connectivity index (χ0v) is 13.7. The summed E-state index contributed by atoms with van der Waals surface area (Å²) in [5.74, 6) is -0.546. The molecule has 23 heavy (non-hydrogen) atoms. The predicted molar refractivity (Wildman–Crippen MR) is 79.5 cm³/mol. The van der Waals surface area contributed by atoms with Gasteiger partial charge in [0.05, 0.1) is 24.9 Å². The van der Waals surface area contributed by atoms with E-state index in [-0.39, 0.29) is 18.8 Å². The zero-order valence-electron chi connectivity index (χ0n) is 13.7. The third kappa shape index (κ3) is 3.62. The van der Waals surface area contributed by atoms with Crippen molar-refractivity contribution in [3.63, 3.8) is 0 Å². The molecule has 0 unspecified atom stereocenters. The van der Waals surface area contributed by atoms with Gasteiger partial charge in [0, 0.05) is 6.54 Å². The summed E-state index contributed by atoms with van der Waals surface area (Å²) >= 11 is 0. The Labute approximate surface area is 134 Å². The molecule has 1 atom stereocenters. The molecule has 1 aromatic heterocycles. The van der Waals surface area contributed by atoms with Gasteiger partial charge in [-0.05, 0) is 33.8 Å². The van der Waals surface area contributed by atoms with Crippen LogP contribution in [0.3, 0.4) is 0 Å². The molecular formula is C15H20N4O4. The number of hydrogen-bond donors (Lipinski definition) is 0. The van der Waals surface area contributed by atoms with Gasteiger partial charge in [-0.3, -0.25) is 9.58 Å². The summed E-state index contributed by atoms with van der Waals surface area (Å²) in [6.07, 6.45) is -0.561. The highest BCUT2D eigenvalue weighted by molar-refractivity contribution is 5.87. The molecule has 1 aliphatic rings. The molecule has 2 rings (SSSR count). The van der Waals surface area contributed by atoms with E-state index in [1.54, 1.807) is 32.4 Å². The number of aromatic nitrogens is 2. The number of carbonyl (C=O) groups is 2. The summed E-state index contributed by atoms with van der Waals surface area (Å²) in [5.41, 5.74) is -0.0361. The third-order valence-electron chi connectivity index (χ3n) is 3.19. The maximum absolute atomic E-state index is 12.3. The Bertz CT molecular complexity index is 653. The van der Waals surface area contributed by atoms with E-state index in [0.717, 1.165) is 0 Å². The molecule has 0 saturated carbocycles. The lowest BCUT2D eigenvalue weighted by Crippen LogP contribution is -2.44.